The number of fused-ring (bicyclic) bond motifs is 1. The van der Waals surface area contributed by atoms with Crippen LogP contribution in [0.2, 0.25) is 0 Å². The number of rotatable bonds is 7. The number of benzene rings is 2. The van der Waals surface area contributed by atoms with Gasteiger partial charge in [-0.1, -0.05) is 12.1 Å². The maximum absolute atomic E-state index is 10.9. The van der Waals surface area contributed by atoms with Crippen LogP contribution < -0.4 is 15.8 Å². The van der Waals surface area contributed by atoms with Gasteiger partial charge in [0, 0.05) is 30.2 Å². The molecule has 1 atom stereocenters. The Hall–Kier alpha value is -3.06. The van der Waals surface area contributed by atoms with E-state index in [9.17, 15) is 4.79 Å². The largest absolute Gasteiger partial charge is 0.484 e. The summed E-state index contributed by atoms with van der Waals surface area (Å²) in [5.74, 6) is 0.209. The molecule has 3 aromatic rings. The Morgan fingerprint density at radius 1 is 1.32 bits per heavy atom. The number of anilines is 1. The number of nitrogens with one attached hydrogen (secondary N) is 2. The molecule has 0 aliphatic carbocycles. The summed E-state index contributed by atoms with van der Waals surface area (Å²) < 4.78 is 5.41. The predicted octanol–water partition coefficient (Wildman–Crippen LogP) is 2.50. The van der Waals surface area contributed by atoms with Gasteiger partial charge in [0.2, 0.25) is 0 Å². The zero-order valence-electron chi connectivity index (χ0n) is 15.7. The first kappa shape index (κ1) is 18.3. The average molecular weight is 379 g/mol. The van der Waals surface area contributed by atoms with E-state index >= 15 is 0 Å². The van der Waals surface area contributed by atoms with Gasteiger partial charge in [0.25, 0.3) is 5.91 Å². The van der Waals surface area contributed by atoms with E-state index in [-0.39, 0.29) is 6.61 Å². The highest BCUT2D eigenvalue weighted by Gasteiger charge is 2.20. The quantitative estimate of drug-likeness (QED) is 0.586. The molecule has 28 heavy (non-hydrogen) atoms. The van der Waals surface area contributed by atoms with Crippen LogP contribution in [0, 0.1) is 0 Å². The Bertz CT molecular complexity index is 955. The predicted molar refractivity (Wildman–Crippen MR) is 109 cm³/mol. The van der Waals surface area contributed by atoms with Gasteiger partial charge in [-0.25, -0.2) is 0 Å². The second-order valence-electron chi connectivity index (χ2n) is 7.29. The number of nitrogens with zero attached hydrogens (tertiary/aromatic N) is 2. The number of hydrogen-bond acceptors (Lipinski definition) is 5. The van der Waals surface area contributed by atoms with E-state index in [2.05, 4.69) is 44.7 Å². The lowest BCUT2D eigenvalue weighted by atomic mass is 10.0. The zero-order valence-corrected chi connectivity index (χ0v) is 15.7. The molecule has 2 aromatic carbocycles. The lowest BCUT2D eigenvalue weighted by Crippen LogP contribution is -2.41. The van der Waals surface area contributed by atoms with Crippen LogP contribution >= 0.6 is 0 Å². The van der Waals surface area contributed by atoms with E-state index in [1.807, 2.05) is 24.4 Å². The zero-order chi connectivity index (χ0) is 19.3. The third kappa shape index (κ3) is 4.61. The smallest absolute Gasteiger partial charge is 0.255 e. The number of hydrogen-bond donors (Lipinski definition) is 3. The van der Waals surface area contributed by atoms with E-state index in [1.165, 1.54) is 5.56 Å². The van der Waals surface area contributed by atoms with Gasteiger partial charge in [0.1, 0.15) is 5.75 Å². The van der Waals surface area contributed by atoms with Crippen molar-refractivity contribution in [2.24, 2.45) is 5.73 Å². The third-order valence-corrected chi connectivity index (χ3v) is 5.00. The van der Waals surface area contributed by atoms with E-state index in [1.54, 1.807) is 0 Å². The molecule has 1 aliphatic heterocycles. The fourth-order valence-corrected chi connectivity index (χ4v) is 3.73. The van der Waals surface area contributed by atoms with E-state index in [0.29, 0.717) is 11.8 Å². The molecule has 0 unspecified atom stereocenters. The van der Waals surface area contributed by atoms with Gasteiger partial charge in [0.05, 0.1) is 11.7 Å². The van der Waals surface area contributed by atoms with Crippen molar-refractivity contribution in [1.82, 2.24) is 15.1 Å². The van der Waals surface area contributed by atoms with Gasteiger partial charge in [0.15, 0.2) is 6.61 Å². The molecule has 146 valence electrons. The molecule has 1 fully saturated rings. The molecule has 0 bridgehead atoms. The highest BCUT2D eigenvalue weighted by molar-refractivity contribution is 5.81. The summed E-state index contributed by atoms with van der Waals surface area (Å²) >= 11 is 0. The molecule has 2 heterocycles. The first-order chi connectivity index (χ1) is 13.7. The minimum Gasteiger partial charge on any atom is -0.484 e. The monoisotopic (exact) mass is 379 g/mol. The minimum atomic E-state index is -0.469. The van der Waals surface area contributed by atoms with Gasteiger partial charge in [-0.2, -0.15) is 5.10 Å². The number of carbonyl (C=O) groups is 1. The van der Waals surface area contributed by atoms with E-state index in [4.69, 9.17) is 10.5 Å². The van der Waals surface area contributed by atoms with Crippen molar-refractivity contribution < 1.29 is 9.53 Å². The topological polar surface area (TPSA) is 96.3 Å². The van der Waals surface area contributed by atoms with Crippen LogP contribution in [0.5, 0.6) is 5.75 Å². The summed E-state index contributed by atoms with van der Waals surface area (Å²) in [5, 5.41) is 11.8. The Morgan fingerprint density at radius 2 is 2.25 bits per heavy atom. The number of nitrogens with two attached hydrogens (primary N) is 1. The summed E-state index contributed by atoms with van der Waals surface area (Å²) in [6.45, 7) is 2.81. The van der Waals surface area contributed by atoms with Gasteiger partial charge >= 0.3 is 0 Å². The van der Waals surface area contributed by atoms with Crippen molar-refractivity contribution in [1.29, 1.82) is 0 Å². The number of likely N-dealkylation sites (tertiary alicyclic amines) is 1. The Kier molecular flexibility index (Phi) is 5.43. The molecular weight excluding hydrogens is 354 g/mol. The molecule has 4 rings (SSSR count). The minimum absolute atomic E-state index is 0.0971. The maximum atomic E-state index is 10.9. The number of primary amides is 1. The Morgan fingerprint density at radius 3 is 3.14 bits per heavy atom. The van der Waals surface area contributed by atoms with Crippen molar-refractivity contribution in [2.45, 2.75) is 25.4 Å². The molecule has 1 amide bonds. The number of aromatic amines is 1. The summed E-state index contributed by atoms with van der Waals surface area (Å²) in [5.41, 5.74) is 8.49. The molecule has 7 nitrogen and oxygen atoms in total. The third-order valence-electron chi connectivity index (χ3n) is 5.00. The van der Waals surface area contributed by atoms with Crippen LogP contribution in [-0.4, -0.2) is 46.7 Å². The van der Waals surface area contributed by atoms with Crippen LogP contribution in [0.25, 0.3) is 10.9 Å². The highest BCUT2D eigenvalue weighted by Crippen LogP contribution is 2.22. The van der Waals surface area contributed by atoms with Crippen LogP contribution in [0.4, 0.5) is 5.69 Å². The molecule has 7 heteroatoms. The van der Waals surface area contributed by atoms with Crippen molar-refractivity contribution in [2.75, 3.05) is 25.0 Å². The van der Waals surface area contributed by atoms with Gasteiger partial charge in [-0.15, -0.1) is 0 Å². The van der Waals surface area contributed by atoms with Crippen LogP contribution in [0.3, 0.4) is 0 Å². The SMILES string of the molecule is NC(=O)COc1cccc(CN2CCC[C@H](Nc3ccc4[nH]ncc4c3)C2)c1. The molecule has 4 N–H and O–H groups in total. The summed E-state index contributed by atoms with van der Waals surface area (Å²) in [4.78, 5) is 13.3. The number of aromatic nitrogens is 2. The Labute approximate surface area is 163 Å². The van der Waals surface area contributed by atoms with E-state index in [0.717, 1.165) is 49.1 Å². The number of piperidine rings is 1. The molecule has 1 saturated heterocycles. The van der Waals surface area contributed by atoms with E-state index < -0.39 is 5.91 Å². The fourth-order valence-electron chi connectivity index (χ4n) is 3.73. The number of amides is 1. The maximum Gasteiger partial charge on any atom is 0.255 e. The van der Waals surface area contributed by atoms with Crippen LogP contribution in [0.1, 0.15) is 18.4 Å². The summed E-state index contributed by atoms with van der Waals surface area (Å²) in [6, 6.07) is 14.6. The number of H-pyrrole nitrogens is 1. The van der Waals surface area contributed by atoms with Gasteiger partial charge in [-0.05, 0) is 55.3 Å². The van der Waals surface area contributed by atoms with Crippen LogP contribution in [0.15, 0.2) is 48.7 Å². The molecular formula is C21H25N5O2. The first-order valence-electron chi connectivity index (χ1n) is 9.58. The molecule has 0 radical (unpaired) electrons. The van der Waals surface area contributed by atoms with Gasteiger partial charge in [-0.3, -0.25) is 14.8 Å². The van der Waals surface area contributed by atoms with Crippen molar-refractivity contribution >= 4 is 22.5 Å². The lowest BCUT2D eigenvalue weighted by molar-refractivity contribution is -0.119. The molecule has 1 aromatic heterocycles. The second kappa shape index (κ2) is 8.31. The lowest BCUT2D eigenvalue weighted by Gasteiger charge is -2.33. The van der Waals surface area contributed by atoms with Crippen molar-refractivity contribution in [3.05, 3.63) is 54.2 Å². The standard InChI is InChI=1S/C21H25N5O2/c22-21(27)14-28-19-5-1-3-15(9-19)12-26-8-2-4-18(13-26)24-17-6-7-20-16(10-17)11-23-25-20/h1,3,5-7,9-11,18,24H,2,4,8,12-14H2,(H2,22,27)(H,23,25)/t18-/m0/s1. The second-order valence-corrected chi connectivity index (χ2v) is 7.29. The summed E-state index contributed by atoms with van der Waals surface area (Å²) in [7, 11) is 0. The highest BCUT2D eigenvalue weighted by atomic mass is 16.5. The Balaban J connectivity index is 1.35. The molecule has 1 aliphatic rings. The van der Waals surface area contributed by atoms with Crippen LogP contribution in [-0.2, 0) is 11.3 Å². The van der Waals surface area contributed by atoms with Crippen molar-refractivity contribution in [3.63, 3.8) is 0 Å². The molecule has 0 saturated carbocycles. The fraction of sp³-hybridized carbons (Fsp3) is 0.333. The average Bonchev–Trinajstić information content (AvgIpc) is 3.15. The number of carbonyl (C=O) groups excluding carboxylic acids is 1. The number of ether oxygens (including phenoxy) is 1. The van der Waals surface area contributed by atoms with Gasteiger partial charge < -0.3 is 15.8 Å². The summed E-state index contributed by atoms with van der Waals surface area (Å²) in [6.07, 6.45) is 4.16. The first-order valence-corrected chi connectivity index (χ1v) is 9.58. The molecule has 0 spiro atoms. The van der Waals surface area contributed by atoms with Crippen molar-refractivity contribution in [3.8, 4) is 5.75 Å². The normalized spacial score (nSPS) is 17.5.